The summed E-state index contributed by atoms with van der Waals surface area (Å²) < 4.78 is 12.4. The molecule has 1 aromatic carbocycles. The Kier molecular flexibility index (Phi) is 5.18. The number of oxazole rings is 1. The zero-order valence-electron chi connectivity index (χ0n) is 21.5. The Labute approximate surface area is 237 Å². The monoisotopic (exact) mass is 561 g/mol. The Morgan fingerprint density at radius 3 is 2.37 bits per heavy atom. The number of anilines is 1. The molecule has 0 aliphatic carbocycles. The number of imidazole rings is 1. The molecule has 1 fully saturated rings. The van der Waals surface area contributed by atoms with E-state index < -0.39 is 16.6 Å². The highest BCUT2D eigenvalue weighted by Gasteiger charge is 2.82. The molecule has 0 bridgehead atoms. The molecule has 0 spiro atoms. The average molecular weight is 562 g/mol. The fourth-order valence-corrected chi connectivity index (χ4v) is 7.44. The summed E-state index contributed by atoms with van der Waals surface area (Å²) in [4.78, 5) is 25.2. The van der Waals surface area contributed by atoms with Crippen LogP contribution in [0.4, 0.5) is 5.88 Å². The summed E-state index contributed by atoms with van der Waals surface area (Å²) in [6.45, 7) is 0. The molecule has 3 atom stereocenters. The van der Waals surface area contributed by atoms with Gasteiger partial charge in [0.2, 0.25) is 17.3 Å². The maximum Gasteiger partial charge on any atom is 0.229 e. The summed E-state index contributed by atoms with van der Waals surface area (Å²) >= 11 is 1.56. The van der Waals surface area contributed by atoms with E-state index in [1.807, 2.05) is 84.5 Å². The third kappa shape index (κ3) is 2.91. The van der Waals surface area contributed by atoms with Gasteiger partial charge in [-0.2, -0.15) is 10.2 Å². The molecule has 0 radical (unpaired) electrons. The third-order valence-corrected chi connectivity index (χ3v) is 8.82. The zero-order chi connectivity index (χ0) is 27.3. The van der Waals surface area contributed by atoms with Crippen molar-refractivity contribution in [1.82, 2.24) is 30.1 Å². The van der Waals surface area contributed by atoms with Crippen LogP contribution in [0.15, 0.2) is 131 Å². The number of benzene rings is 1. The largest absolute Gasteiger partial charge is 0.447 e. The fourth-order valence-electron chi connectivity index (χ4n) is 6.49. The first-order chi connectivity index (χ1) is 20.3. The number of nitrogens with zero attached hydrogens (tertiary/aromatic N) is 4. The van der Waals surface area contributed by atoms with Crippen LogP contribution in [0.1, 0.15) is 33.5 Å². The highest BCUT2D eigenvalue weighted by atomic mass is 32.1. The molecule has 3 unspecified atom stereocenters. The molecule has 7 aromatic rings. The van der Waals surface area contributed by atoms with Gasteiger partial charge in [0.15, 0.2) is 5.60 Å². The summed E-state index contributed by atoms with van der Waals surface area (Å²) in [5.74, 6) is 1.45. The van der Waals surface area contributed by atoms with E-state index >= 15 is 0 Å². The van der Waals surface area contributed by atoms with Crippen LogP contribution in [-0.4, -0.2) is 30.1 Å². The summed E-state index contributed by atoms with van der Waals surface area (Å²) in [7, 11) is 0. The summed E-state index contributed by atoms with van der Waals surface area (Å²) in [5, 5.41) is 11.5. The van der Waals surface area contributed by atoms with Gasteiger partial charge in [-0.05, 0) is 41.3 Å². The van der Waals surface area contributed by atoms with Crippen LogP contribution in [0.25, 0.3) is 0 Å². The number of hydrogen-bond donors (Lipinski definition) is 3. The van der Waals surface area contributed by atoms with E-state index in [-0.39, 0.29) is 0 Å². The Balaban J connectivity index is 1.67. The van der Waals surface area contributed by atoms with Crippen LogP contribution in [0.3, 0.4) is 0 Å². The summed E-state index contributed by atoms with van der Waals surface area (Å²) in [6.07, 6.45) is 12.0. The second-order valence-corrected chi connectivity index (χ2v) is 10.6. The van der Waals surface area contributed by atoms with E-state index in [0.29, 0.717) is 23.3 Å². The van der Waals surface area contributed by atoms with Gasteiger partial charge >= 0.3 is 0 Å². The van der Waals surface area contributed by atoms with Gasteiger partial charge in [-0.1, -0.05) is 36.4 Å². The molecule has 3 N–H and O–H groups in total. The van der Waals surface area contributed by atoms with E-state index in [4.69, 9.17) is 23.6 Å². The molecule has 6 aromatic heterocycles. The minimum Gasteiger partial charge on any atom is -0.447 e. The standard InChI is InChI=1S/C30H23N7O3S/c1-2-7-21(8-3-1)30(23-12-14-35-36-23)28(22-9-4-13-31-22,26-32-15-16-33-26)29(24-10-6-20-41-24,27-34-17-19-39-27)37(40-30)25-11-5-18-38-25/h1-20,31H,(H,32,33)(H,35,36). The molecule has 10 nitrogen and oxygen atoms in total. The van der Waals surface area contributed by atoms with Gasteiger partial charge in [0, 0.05) is 41.4 Å². The van der Waals surface area contributed by atoms with Gasteiger partial charge in [0.1, 0.15) is 17.5 Å². The highest BCUT2D eigenvalue weighted by Crippen LogP contribution is 2.70. The highest BCUT2D eigenvalue weighted by molar-refractivity contribution is 7.10. The predicted molar refractivity (Wildman–Crippen MR) is 150 cm³/mol. The average Bonchev–Trinajstić information content (AvgIpc) is 3.86. The third-order valence-electron chi connectivity index (χ3n) is 7.85. The van der Waals surface area contributed by atoms with Crippen LogP contribution in [0.5, 0.6) is 0 Å². The van der Waals surface area contributed by atoms with Crippen LogP contribution in [-0.2, 0) is 21.4 Å². The van der Waals surface area contributed by atoms with E-state index in [1.54, 1.807) is 47.5 Å². The molecular formula is C30H23N7O3S. The maximum absolute atomic E-state index is 7.45. The molecule has 0 saturated carbocycles. The predicted octanol–water partition coefficient (Wildman–Crippen LogP) is 5.73. The SMILES string of the molecule is c1ccc(C2(c3ccn[nH]3)ON(c3ccco3)C(c3ncco3)(c3cccs3)C2(c2ccc[nH]2)c2ncc[nH]2)cc1. The Morgan fingerprint density at radius 2 is 1.71 bits per heavy atom. The first kappa shape index (κ1) is 23.7. The number of H-pyrrole nitrogens is 3. The van der Waals surface area contributed by atoms with Crippen molar-refractivity contribution in [1.29, 1.82) is 0 Å². The number of thiophene rings is 1. The first-order valence-electron chi connectivity index (χ1n) is 13.0. The van der Waals surface area contributed by atoms with Crippen molar-refractivity contribution >= 4 is 17.2 Å². The van der Waals surface area contributed by atoms with E-state index in [1.165, 1.54) is 0 Å². The normalized spacial score (nSPS) is 24.2. The molecule has 8 rings (SSSR count). The van der Waals surface area contributed by atoms with E-state index in [2.05, 4.69) is 26.2 Å². The number of nitrogens with one attached hydrogen (secondary N) is 3. The molecule has 1 aliphatic rings. The topological polar surface area (TPSA) is 125 Å². The molecule has 202 valence electrons. The number of aromatic nitrogens is 6. The lowest BCUT2D eigenvalue weighted by molar-refractivity contribution is -0.0182. The van der Waals surface area contributed by atoms with Gasteiger partial charge in [0.05, 0.1) is 18.2 Å². The van der Waals surface area contributed by atoms with Crippen LogP contribution in [0, 0.1) is 0 Å². The molecule has 1 aliphatic heterocycles. The summed E-state index contributed by atoms with van der Waals surface area (Å²) in [6, 6.07) is 23.7. The smallest absolute Gasteiger partial charge is 0.229 e. The van der Waals surface area contributed by atoms with Gasteiger partial charge in [-0.25, -0.2) is 14.8 Å². The van der Waals surface area contributed by atoms with Crippen molar-refractivity contribution in [3.8, 4) is 0 Å². The quantitative estimate of drug-likeness (QED) is 0.227. The molecule has 0 amide bonds. The second kappa shape index (κ2) is 8.95. The molecule has 11 heteroatoms. The first-order valence-corrected chi connectivity index (χ1v) is 13.9. The minimum absolute atomic E-state index is 0.389. The molecule has 7 heterocycles. The van der Waals surface area contributed by atoms with Crippen molar-refractivity contribution in [3.05, 3.63) is 155 Å². The van der Waals surface area contributed by atoms with Gasteiger partial charge in [-0.15, -0.1) is 11.3 Å². The lowest BCUT2D eigenvalue weighted by Crippen LogP contribution is -2.61. The van der Waals surface area contributed by atoms with Gasteiger partial charge in [-0.3, -0.25) is 5.10 Å². The lowest BCUT2D eigenvalue weighted by Gasteiger charge is -2.47. The van der Waals surface area contributed by atoms with Crippen LogP contribution < -0.4 is 5.06 Å². The van der Waals surface area contributed by atoms with Crippen molar-refractivity contribution in [3.63, 3.8) is 0 Å². The second-order valence-electron chi connectivity index (χ2n) is 9.65. The Bertz CT molecular complexity index is 1750. The molecular weight excluding hydrogens is 538 g/mol. The number of hydroxylamine groups is 1. The number of furan rings is 1. The summed E-state index contributed by atoms with van der Waals surface area (Å²) in [5.41, 5.74) is -1.58. The van der Waals surface area contributed by atoms with Gasteiger partial charge in [0.25, 0.3) is 0 Å². The molecule has 41 heavy (non-hydrogen) atoms. The van der Waals surface area contributed by atoms with Crippen molar-refractivity contribution < 1.29 is 13.7 Å². The van der Waals surface area contributed by atoms with Gasteiger partial charge < -0.3 is 18.8 Å². The number of aromatic amines is 3. The van der Waals surface area contributed by atoms with E-state index in [0.717, 1.165) is 16.1 Å². The van der Waals surface area contributed by atoms with Crippen molar-refractivity contribution in [2.75, 3.05) is 5.06 Å². The molecule has 1 saturated heterocycles. The number of rotatable bonds is 7. The lowest BCUT2D eigenvalue weighted by atomic mass is 9.54. The van der Waals surface area contributed by atoms with Crippen molar-refractivity contribution in [2.45, 2.75) is 16.6 Å². The minimum atomic E-state index is -1.33. The Morgan fingerprint density at radius 1 is 0.756 bits per heavy atom. The van der Waals surface area contributed by atoms with Crippen LogP contribution in [0.2, 0.25) is 0 Å². The number of hydrogen-bond acceptors (Lipinski definition) is 8. The zero-order valence-corrected chi connectivity index (χ0v) is 22.3. The Hall–Kier alpha value is -5.13. The van der Waals surface area contributed by atoms with Crippen molar-refractivity contribution in [2.24, 2.45) is 0 Å². The fraction of sp³-hybridized carbons (Fsp3) is 0.100. The van der Waals surface area contributed by atoms with Crippen LogP contribution >= 0.6 is 11.3 Å². The van der Waals surface area contributed by atoms with E-state index in [9.17, 15) is 0 Å². The maximum atomic E-state index is 7.45.